The molecular formula is C23H24Cl2N4O2S2. The molecular weight excluding hydrogens is 499 g/mol. The number of halogens is 2. The number of pyridine rings is 1. The topological polar surface area (TPSA) is 65.9 Å². The summed E-state index contributed by atoms with van der Waals surface area (Å²) in [7, 11) is -0.443. The molecule has 1 aromatic heterocycles. The summed E-state index contributed by atoms with van der Waals surface area (Å²) in [6, 6.07) is 11.2. The first-order valence-electron chi connectivity index (χ1n) is 10.4. The molecule has 0 spiro atoms. The van der Waals surface area contributed by atoms with Gasteiger partial charge in [0.15, 0.2) is 0 Å². The van der Waals surface area contributed by atoms with Crippen LogP contribution in [0.15, 0.2) is 63.0 Å². The number of fused-ring (bicyclic) bond motifs is 1. The molecule has 3 aromatic rings. The van der Waals surface area contributed by atoms with Crippen molar-refractivity contribution in [2.24, 2.45) is 4.40 Å². The first-order chi connectivity index (χ1) is 15.7. The summed E-state index contributed by atoms with van der Waals surface area (Å²) >= 11 is 14.5. The van der Waals surface area contributed by atoms with Crippen molar-refractivity contribution in [1.82, 2.24) is 14.8 Å². The zero-order valence-corrected chi connectivity index (χ0v) is 21.4. The lowest BCUT2D eigenvalue weighted by Crippen LogP contribution is -2.21. The van der Waals surface area contributed by atoms with Crippen molar-refractivity contribution in [3.63, 3.8) is 0 Å². The van der Waals surface area contributed by atoms with E-state index in [-0.39, 0.29) is 9.92 Å². The van der Waals surface area contributed by atoms with Crippen LogP contribution in [0.25, 0.3) is 10.8 Å². The third-order valence-corrected chi connectivity index (χ3v) is 8.75. The van der Waals surface area contributed by atoms with Gasteiger partial charge in [-0.05, 0) is 54.2 Å². The summed E-state index contributed by atoms with van der Waals surface area (Å²) in [6.07, 6.45) is 5.89. The van der Waals surface area contributed by atoms with Gasteiger partial charge in [0, 0.05) is 55.1 Å². The molecule has 0 amide bonds. The van der Waals surface area contributed by atoms with Crippen LogP contribution in [0.3, 0.4) is 0 Å². The fraction of sp³-hybridized carbons (Fsp3) is 0.304. The van der Waals surface area contributed by atoms with Crippen molar-refractivity contribution in [1.29, 1.82) is 0 Å². The Morgan fingerprint density at radius 1 is 1.18 bits per heavy atom. The number of sulfonamides is 1. The van der Waals surface area contributed by atoms with Gasteiger partial charge >= 0.3 is 0 Å². The number of benzene rings is 2. The minimum absolute atomic E-state index is 0.0299. The summed E-state index contributed by atoms with van der Waals surface area (Å²) in [5, 5.41) is 3.47. The summed E-state index contributed by atoms with van der Waals surface area (Å²) in [4.78, 5) is 9.14. The lowest BCUT2D eigenvalue weighted by atomic mass is 10.2. The van der Waals surface area contributed by atoms with E-state index >= 15 is 0 Å². The summed E-state index contributed by atoms with van der Waals surface area (Å²) in [6.45, 7) is 2.46. The number of hydrogen-bond acceptors (Lipinski definition) is 5. The number of thioether (sulfide) groups is 1. The van der Waals surface area contributed by atoms with E-state index < -0.39 is 10.0 Å². The van der Waals surface area contributed by atoms with Gasteiger partial charge in [-0.25, -0.2) is 0 Å². The Labute approximate surface area is 208 Å². The second-order valence-electron chi connectivity index (χ2n) is 8.19. The largest absolute Gasteiger partial charge is 0.368 e. The highest BCUT2D eigenvalue weighted by Gasteiger charge is 2.25. The van der Waals surface area contributed by atoms with Gasteiger partial charge in [0.25, 0.3) is 10.0 Å². The quantitative estimate of drug-likeness (QED) is 0.314. The third-order valence-electron chi connectivity index (χ3n) is 5.31. The molecule has 0 aliphatic carbocycles. The van der Waals surface area contributed by atoms with Crippen LogP contribution in [0.2, 0.25) is 10.0 Å². The molecule has 33 heavy (non-hydrogen) atoms. The van der Waals surface area contributed by atoms with Crippen LogP contribution in [-0.4, -0.2) is 62.0 Å². The van der Waals surface area contributed by atoms with Crippen LogP contribution >= 0.6 is 35.0 Å². The van der Waals surface area contributed by atoms with Gasteiger partial charge in [0.1, 0.15) is 11.2 Å². The fourth-order valence-electron chi connectivity index (χ4n) is 3.71. The Morgan fingerprint density at radius 3 is 2.79 bits per heavy atom. The van der Waals surface area contributed by atoms with Gasteiger partial charge in [-0.2, -0.15) is 8.42 Å². The smallest absolute Gasteiger partial charge is 0.285 e. The lowest BCUT2D eigenvalue weighted by molar-refractivity contribution is 0.332. The summed E-state index contributed by atoms with van der Waals surface area (Å²) < 4.78 is 28.9. The molecule has 1 aliphatic heterocycles. The standard InChI is InChI=1S/C23H24Cl2N4O2S2/c1-28(2)15-27-33(30,31)23-9-16(3-4-20(23)24)13-29-8-6-19(14-29)32-22-11-17-5-7-26-12-18(17)10-21(22)25/h3-5,7,9-12,15,19H,6,8,13-14H2,1-2H3/t19-/m0/s1. The molecule has 0 N–H and O–H groups in total. The van der Waals surface area contributed by atoms with E-state index in [0.717, 1.165) is 45.8 Å². The molecule has 1 fully saturated rings. The molecule has 0 bridgehead atoms. The van der Waals surface area contributed by atoms with Crippen molar-refractivity contribution in [3.8, 4) is 0 Å². The van der Waals surface area contributed by atoms with Gasteiger partial charge in [-0.3, -0.25) is 9.88 Å². The van der Waals surface area contributed by atoms with Crippen molar-refractivity contribution in [3.05, 3.63) is 64.4 Å². The van der Waals surface area contributed by atoms with Crippen molar-refractivity contribution in [2.45, 2.75) is 28.0 Å². The van der Waals surface area contributed by atoms with E-state index in [1.54, 1.807) is 49.1 Å². The van der Waals surface area contributed by atoms with E-state index in [4.69, 9.17) is 23.2 Å². The van der Waals surface area contributed by atoms with Crippen molar-refractivity contribution >= 4 is 62.1 Å². The molecule has 1 saturated heterocycles. The molecule has 0 unspecified atom stereocenters. The number of hydrogen-bond donors (Lipinski definition) is 0. The molecule has 0 saturated carbocycles. The second kappa shape index (κ2) is 10.2. The Balaban J connectivity index is 1.44. The Bertz CT molecular complexity index is 1300. The predicted octanol–water partition coefficient (Wildman–Crippen LogP) is 5.19. The fourth-order valence-corrected chi connectivity index (χ4v) is 6.70. The number of aromatic nitrogens is 1. The molecule has 2 aromatic carbocycles. The predicted molar refractivity (Wildman–Crippen MR) is 137 cm³/mol. The zero-order chi connectivity index (χ0) is 23.6. The van der Waals surface area contributed by atoms with Gasteiger partial charge in [-0.1, -0.05) is 29.3 Å². The maximum absolute atomic E-state index is 12.6. The highest BCUT2D eigenvalue weighted by molar-refractivity contribution is 8.00. The number of likely N-dealkylation sites (tertiary alicyclic amines) is 1. The summed E-state index contributed by atoms with van der Waals surface area (Å²) in [5.41, 5.74) is 0.889. The second-order valence-corrected chi connectivity index (χ2v) is 12.0. The van der Waals surface area contributed by atoms with E-state index in [2.05, 4.69) is 20.3 Å². The van der Waals surface area contributed by atoms with Gasteiger partial charge in [0.2, 0.25) is 0 Å². The van der Waals surface area contributed by atoms with Crippen LogP contribution in [-0.2, 0) is 16.6 Å². The van der Waals surface area contributed by atoms with Gasteiger partial charge in [-0.15, -0.1) is 16.2 Å². The highest BCUT2D eigenvalue weighted by Crippen LogP contribution is 2.37. The Kier molecular flexibility index (Phi) is 7.50. The first-order valence-corrected chi connectivity index (χ1v) is 13.5. The zero-order valence-electron chi connectivity index (χ0n) is 18.3. The lowest BCUT2D eigenvalue weighted by Gasteiger charge is -2.17. The van der Waals surface area contributed by atoms with E-state index in [0.29, 0.717) is 11.8 Å². The molecule has 1 atom stereocenters. The maximum Gasteiger partial charge on any atom is 0.285 e. The molecule has 0 radical (unpaired) electrons. The number of nitrogens with zero attached hydrogens (tertiary/aromatic N) is 4. The number of rotatable bonds is 7. The minimum atomic E-state index is -3.86. The monoisotopic (exact) mass is 522 g/mol. The molecule has 174 valence electrons. The molecule has 6 nitrogen and oxygen atoms in total. The van der Waals surface area contributed by atoms with Crippen molar-refractivity contribution in [2.75, 3.05) is 27.2 Å². The van der Waals surface area contributed by atoms with Crippen molar-refractivity contribution < 1.29 is 8.42 Å². The SMILES string of the molecule is CN(C)C=NS(=O)(=O)c1cc(CN2CC[C@H](Sc3cc4ccncc4cc3Cl)C2)ccc1Cl. The molecule has 10 heteroatoms. The normalized spacial score (nSPS) is 17.3. The average molecular weight is 524 g/mol. The van der Waals surface area contributed by atoms with Gasteiger partial charge < -0.3 is 4.90 Å². The molecule has 2 heterocycles. The molecule has 1 aliphatic rings. The highest BCUT2D eigenvalue weighted by atomic mass is 35.5. The third kappa shape index (κ3) is 6.00. The Hall–Kier alpha value is -1.84. The van der Waals surface area contributed by atoms with Crippen LogP contribution in [0.5, 0.6) is 0 Å². The van der Waals surface area contributed by atoms with Crippen LogP contribution < -0.4 is 0 Å². The Morgan fingerprint density at radius 2 is 2.00 bits per heavy atom. The average Bonchev–Trinajstić information content (AvgIpc) is 3.21. The maximum atomic E-state index is 12.6. The van der Waals surface area contributed by atoms with E-state index in [9.17, 15) is 8.42 Å². The minimum Gasteiger partial charge on any atom is -0.368 e. The summed E-state index contributed by atoms with van der Waals surface area (Å²) in [5.74, 6) is 0. The van der Waals surface area contributed by atoms with Gasteiger partial charge in [0.05, 0.1) is 10.0 Å². The van der Waals surface area contributed by atoms with E-state index in [1.807, 2.05) is 24.4 Å². The first kappa shape index (κ1) is 24.3. The van der Waals surface area contributed by atoms with Crippen LogP contribution in [0.1, 0.15) is 12.0 Å². The van der Waals surface area contributed by atoms with Crippen LogP contribution in [0, 0.1) is 0 Å². The van der Waals surface area contributed by atoms with Crippen LogP contribution in [0.4, 0.5) is 0 Å². The molecule has 4 rings (SSSR count). The van der Waals surface area contributed by atoms with E-state index in [1.165, 1.54) is 6.34 Å².